The van der Waals surface area contributed by atoms with Gasteiger partial charge >= 0.3 is 0 Å². The van der Waals surface area contributed by atoms with Gasteiger partial charge in [-0.15, -0.1) is 0 Å². The molecule has 0 aliphatic heterocycles. The Morgan fingerprint density at radius 1 is 1.53 bits per heavy atom. The summed E-state index contributed by atoms with van der Waals surface area (Å²) >= 11 is 5.59. The number of nitrogens with one attached hydrogen (secondary N) is 1. The van der Waals surface area contributed by atoms with E-state index in [4.69, 9.17) is 11.6 Å². The van der Waals surface area contributed by atoms with Crippen LogP contribution in [0.1, 0.15) is 27.2 Å². The van der Waals surface area contributed by atoms with Crippen LogP contribution in [0.5, 0.6) is 0 Å². The van der Waals surface area contributed by atoms with Crippen molar-refractivity contribution < 1.29 is 4.39 Å². The molecule has 1 rings (SSSR count). The van der Waals surface area contributed by atoms with Crippen molar-refractivity contribution in [1.82, 2.24) is 9.97 Å². The second-order valence-electron chi connectivity index (χ2n) is 3.74. The molecule has 0 aliphatic carbocycles. The molecule has 1 unspecified atom stereocenters. The van der Waals surface area contributed by atoms with E-state index >= 15 is 0 Å². The quantitative estimate of drug-likeness (QED) is 0.810. The molecule has 0 saturated carbocycles. The third-order valence-electron chi connectivity index (χ3n) is 2.28. The van der Waals surface area contributed by atoms with E-state index < -0.39 is 5.82 Å². The molecule has 84 valence electrons. The van der Waals surface area contributed by atoms with Gasteiger partial charge < -0.3 is 5.32 Å². The van der Waals surface area contributed by atoms with Crippen LogP contribution in [0.4, 0.5) is 10.2 Å². The standard InChI is InChI=1S/C10H15ClFN3/c1-4-8(6(2)3)14-9-7(12)5-13-10(11)15-9/h5-6,8H,4H2,1-3H3,(H,13,14,15). The summed E-state index contributed by atoms with van der Waals surface area (Å²) < 4.78 is 13.3. The Labute approximate surface area is 94.1 Å². The van der Waals surface area contributed by atoms with E-state index in [1.54, 1.807) is 0 Å². The molecule has 1 aromatic rings. The minimum absolute atomic E-state index is 0.0532. The monoisotopic (exact) mass is 231 g/mol. The first-order valence-electron chi connectivity index (χ1n) is 4.99. The van der Waals surface area contributed by atoms with E-state index in [9.17, 15) is 4.39 Å². The lowest BCUT2D eigenvalue weighted by molar-refractivity contribution is 0.504. The molecule has 1 atom stereocenters. The predicted octanol–water partition coefficient (Wildman–Crippen LogP) is 3.12. The van der Waals surface area contributed by atoms with E-state index in [0.29, 0.717) is 5.92 Å². The highest BCUT2D eigenvalue weighted by atomic mass is 35.5. The highest BCUT2D eigenvalue weighted by Gasteiger charge is 2.14. The van der Waals surface area contributed by atoms with E-state index in [1.807, 2.05) is 6.92 Å². The van der Waals surface area contributed by atoms with Crippen LogP contribution in [0.15, 0.2) is 6.20 Å². The van der Waals surface area contributed by atoms with Crippen molar-refractivity contribution in [2.75, 3.05) is 5.32 Å². The highest BCUT2D eigenvalue weighted by Crippen LogP contribution is 2.17. The Morgan fingerprint density at radius 2 is 2.20 bits per heavy atom. The largest absolute Gasteiger partial charge is 0.365 e. The molecule has 3 nitrogen and oxygen atoms in total. The number of aromatic nitrogens is 2. The summed E-state index contributed by atoms with van der Waals surface area (Å²) in [6.07, 6.45) is 1.98. The molecule has 0 saturated heterocycles. The van der Waals surface area contributed by atoms with Crippen LogP contribution in [-0.4, -0.2) is 16.0 Å². The van der Waals surface area contributed by atoms with Crippen molar-refractivity contribution in [3.63, 3.8) is 0 Å². The van der Waals surface area contributed by atoms with Crippen LogP contribution in [0.2, 0.25) is 5.28 Å². The number of rotatable bonds is 4. The van der Waals surface area contributed by atoms with Crippen LogP contribution in [0.3, 0.4) is 0 Å². The van der Waals surface area contributed by atoms with Crippen molar-refractivity contribution in [1.29, 1.82) is 0 Å². The minimum atomic E-state index is -0.474. The zero-order valence-corrected chi connectivity index (χ0v) is 9.85. The van der Waals surface area contributed by atoms with Crippen molar-refractivity contribution in [2.45, 2.75) is 33.2 Å². The van der Waals surface area contributed by atoms with E-state index in [2.05, 4.69) is 29.1 Å². The van der Waals surface area contributed by atoms with Crippen LogP contribution in [-0.2, 0) is 0 Å². The van der Waals surface area contributed by atoms with Crippen LogP contribution in [0, 0.1) is 11.7 Å². The molecule has 0 spiro atoms. The maximum atomic E-state index is 13.3. The summed E-state index contributed by atoms with van der Waals surface area (Å²) in [5, 5.41) is 3.08. The van der Waals surface area contributed by atoms with Gasteiger partial charge in [0, 0.05) is 6.04 Å². The van der Waals surface area contributed by atoms with Gasteiger partial charge in [-0.3, -0.25) is 0 Å². The van der Waals surface area contributed by atoms with Gasteiger partial charge in [0.25, 0.3) is 0 Å². The molecule has 0 aromatic carbocycles. The van der Waals surface area contributed by atoms with E-state index in [-0.39, 0.29) is 17.1 Å². The normalized spacial score (nSPS) is 12.9. The van der Waals surface area contributed by atoms with Gasteiger partial charge in [0.15, 0.2) is 11.6 Å². The van der Waals surface area contributed by atoms with Crippen LogP contribution in [0.25, 0.3) is 0 Å². The Bertz CT molecular complexity index is 330. The summed E-state index contributed by atoms with van der Waals surface area (Å²) in [7, 11) is 0. The number of nitrogens with zero attached hydrogens (tertiary/aromatic N) is 2. The maximum absolute atomic E-state index is 13.3. The first-order chi connectivity index (χ1) is 7.04. The number of hydrogen-bond donors (Lipinski definition) is 1. The highest BCUT2D eigenvalue weighted by molar-refractivity contribution is 6.28. The fraction of sp³-hybridized carbons (Fsp3) is 0.600. The smallest absolute Gasteiger partial charge is 0.224 e. The van der Waals surface area contributed by atoms with Gasteiger partial charge in [0.2, 0.25) is 5.28 Å². The topological polar surface area (TPSA) is 37.8 Å². The van der Waals surface area contributed by atoms with Crippen molar-refractivity contribution in [3.05, 3.63) is 17.3 Å². The molecule has 1 aromatic heterocycles. The number of halogens is 2. The molecule has 0 amide bonds. The lowest BCUT2D eigenvalue weighted by Crippen LogP contribution is -2.25. The van der Waals surface area contributed by atoms with Gasteiger partial charge in [-0.2, -0.15) is 4.98 Å². The van der Waals surface area contributed by atoms with Crippen LogP contribution >= 0.6 is 11.6 Å². The second-order valence-corrected chi connectivity index (χ2v) is 4.08. The van der Waals surface area contributed by atoms with Crippen molar-refractivity contribution >= 4 is 17.4 Å². The third-order valence-corrected chi connectivity index (χ3v) is 2.46. The Hall–Kier alpha value is -0.900. The fourth-order valence-electron chi connectivity index (χ4n) is 1.36. The fourth-order valence-corrected chi connectivity index (χ4v) is 1.50. The lowest BCUT2D eigenvalue weighted by Gasteiger charge is -2.21. The SMILES string of the molecule is CCC(Nc1nc(Cl)ncc1F)C(C)C. The molecule has 1 heterocycles. The molecule has 5 heteroatoms. The van der Waals surface area contributed by atoms with Gasteiger partial charge in [-0.05, 0) is 23.9 Å². The first-order valence-corrected chi connectivity index (χ1v) is 5.37. The Balaban J connectivity index is 2.82. The second kappa shape index (κ2) is 5.26. The molecule has 1 N–H and O–H groups in total. The van der Waals surface area contributed by atoms with Gasteiger partial charge in [-0.1, -0.05) is 20.8 Å². The molecule has 0 radical (unpaired) electrons. The molecule has 0 bridgehead atoms. The lowest BCUT2D eigenvalue weighted by atomic mass is 10.0. The third kappa shape index (κ3) is 3.30. The Morgan fingerprint density at radius 3 is 2.73 bits per heavy atom. The van der Waals surface area contributed by atoms with Gasteiger partial charge in [0.05, 0.1) is 6.20 Å². The zero-order chi connectivity index (χ0) is 11.4. The summed E-state index contributed by atoms with van der Waals surface area (Å²) in [5.74, 6) is 0.109. The molecular formula is C10H15ClFN3. The van der Waals surface area contributed by atoms with Gasteiger partial charge in [-0.25, -0.2) is 9.37 Å². The van der Waals surface area contributed by atoms with Crippen molar-refractivity contribution in [2.24, 2.45) is 5.92 Å². The summed E-state index contributed by atoms with van der Waals surface area (Å²) in [6.45, 7) is 6.18. The minimum Gasteiger partial charge on any atom is -0.365 e. The van der Waals surface area contributed by atoms with Crippen molar-refractivity contribution in [3.8, 4) is 0 Å². The summed E-state index contributed by atoms with van der Waals surface area (Å²) in [6, 6.07) is 0.186. The average Bonchev–Trinajstić information content (AvgIpc) is 2.18. The average molecular weight is 232 g/mol. The summed E-state index contributed by atoms with van der Waals surface area (Å²) in [5.41, 5.74) is 0. The zero-order valence-electron chi connectivity index (χ0n) is 9.09. The molecular weight excluding hydrogens is 217 g/mol. The van der Waals surface area contributed by atoms with Crippen LogP contribution < -0.4 is 5.32 Å². The molecule has 0 aliphatic rings. The Kier molecular flexibility index (Phi) is 4.27. The number of anilines is 1. The van der Waals surface area contributed by atoms with E-state index in [0.717, 1.165) is 12.6 Å². The summed E-state index contributed by atoms with van der Waals surface area (Å²) in [4.78, 5) is 7.37. The first kappa shape index (κ1) is 12.2. The van der Waals surface area contributed by atoms with Gasteiger partial charge in [0.1, 0.15) is 0 Å². The predicted molar refractivity (Wildman–Crippen MR) is 59.5 cm³/mol. The van der Waals surface area contributed by atoms with E-state index in [1.165, 1.54) is 0 Å². The molecule has 15 heavy (non-hydrogen) atoms. The molecule has 0 fully saturated rings. The number of hydrogen-bond acceptors (Lipinski definition) is 3. The maximum Gasteiger partial charge on any atom is 0.224 e.